The van der Waals surface area contributed by atoms with Crippen molar-refractivity contribution in [2.45, 2.75) is 6.92 Å². The summed E-state index contributed by atoms with van der Waals surface area (Å²) in [6, 6.07) is 5.49. The van der Waals surface area contributed by atoms with Crippen molar-refractivity contribution in [1.29, 1.82) is 0 Å². The number of amides is 2. The lowest BCUT2D eigenvalue weighted by Crippen LogP contribution is -2.46. The highest BCUT2D eigenvalue weighted by Gasteiger charge is 2.29. The first-order valence-corrected chi connectivity index (χ1v) is 5.58. The second kappa shape index (κ2) is 4.35. The van der Waals surface area contributed by atoms with Crippen LogP contribution in [0.5, 0.6) is 0 Å². The van der Waals surface area contributed by atoms with Gasteiger partial charge in [0.2, 0.25) is 0 Å². The van der Waals surface area contributed by atoms with E-state index in [1.807, 2.05) is 19.1 Å². The predicted octanol–water partition coefficient (Wildman–Crippen LogP) is 1.65. The Morgan fingerprint density at radius 1 is 1.25 bits per heavy atom. The van der Waals surface area contributed by atoms with Crippen molar-refractivity contribution in [3.05, 3.63) is 28.2 Å². The molecular weight excluding hydrogens is 274 g/mol. The molecule has 1 aromatic carbocycles. The van der Waals surface area contributed by atoms with Crippen molar-refractivity contribution in [3.8, 4) is 0 Å². The van der Waals surface area contributed by atoms with Crippen LogP contribution in [-0.4, -0.2) is 25.0 Å². The van der Waals surface area contributed by atoms with Crippen LogP contribution < -0.4 is 4.90 Å². The molecule has 16 heavy (non-hydrogen) atoms. The summed E-state index contributed by atoms with van der Waals surface area (Å²) >= 11 is 3.32. The summed E-state index contributed by atoms with van der Waals surface area (Å²) in [5, 5.41) is 0. The van der Waals surface area contributed by atoms with Gasteiger partial charge in [0.15, 0.2) is 0 Å². The average Bonchev–Trinajstić information content (AvgIpc) is 2.23. The van der Waals surface area contributed by atoms with Crippen molar-refractivity contribution in [2.24, 2.45) is 0 Å². The number of anilines is 1. The molecule has 0 saturated carbocycles. The Morgan fingerprint density at radius 2 is 1.88 bits per heavy atom. The van der Waals surface area contributed by atoms with E-state index in [0.717, 1.165) is 10.0 Å². The maximum atomic E-state index is 11.6. The topological polar surface area (TPSA) is 46.6 Å². The van der Waals surface area contributed by atoms with Gasteiger partial charge in [0.25, 0.3) is 11.8 Å². The molecule has 0 unspecified atom stereocenters. The molecule has 84 valence electrons. The fraction of sp³-hybridized carbons (Fsp3) is 0.273. The Labute approximate surface area is 101 Å². The van der Waals surface area contributed by atoms with Crippen LogP contribution in [-0.2, 0) is 14.3 Å². The van der Waals surface area contributed by atoms with E-state index in [2.05, 4.69) is 15.9 Å². The van der Waals surface area contributed by atoms with E-state index in [4.69, 9.17) is 4.74 Å². The van der Waals surface area contributed by atoms with Gasteiger partial charge in [-0.25, -0.2) is 4.90 Å². The molecule has 0 radical (unpaired) electrons. The van der Waals surface area contributed by atoms with Gasteiger partial charge in [-0.3, -0.25) is 9.59 Å². The number of rotatable bonds is 1. The molecule has 4 nitrogen and oxygen atoms in total. The molecule has 1 fully saturated rings. The number of ether oxygens (including phenoxy) is 1. The minimum atomic E-state index is -0.322. The van der Waals surface area contributed by atoms with Gasteiger partial charge < -0.3 is 4.74 Å². The largest absolute Gasteiger partial charge is 0.362 e. The standard InChI is InChI=1S/C11H10BrNO3/c1-7-2-3-8(12)4-9(7)13-10(14)5-16-6-11(13)15/h2-4H,5-6H2,1H3. The third kappa shape index (κ3) is 2.01. The highest BCUT2D eigenvalue weighted by Crippen LogP contribution is 2.26. The predicted molar refractivity (Wildman–Crippen MR) is 62.2 cm³/mol. The number of hydrogen-bond acceptors (Lipinski definition) is 3. The third-order valence-corrected chi connectivity index (χ3v) is 2.86. The van der Waals surface area contributed by atoms with Gasteiger partial charge in [0.1, 0.15) is 13.2 Å². The highest BCUT2D eigenvalue weighted by molar-refractivity contribution is 9.10. The van der Waals surface area contributed by atoms with Crippen molar-refractivity contribution in [3.63, 3.8) is 0 Å². The SMILES string of the molecule is Cc1ccc(Br)cc1N1C(=O)COCC1=O. The van der Waals surface area contributed by atoms with Gasteiger partial charge in [-0.15, -0.1) is 0 Å². The van der Waals surface area contributed by atoms with Crippen molar-refractivity contribution in [1.82, 2.24) is 0 Å². The summed E-state index contributed by atoms with van der Waals surface area (Å²) in [7, 11) is 0. The quantitative estimate of drug-likeness (QED) is 0.737. The lowest BCUT2D eigenvalue weighted by molar-refractivity contribution is -0.138. The van der Waals surface area contributed by atoms with Gasteiger partial charge in [-0.2, -0.15) is 0 Å². The number of imide groups is 1. The van der Waals surface area contributed by atoms with Crippen LogP contribution in [0, 0.1) is 6.92 Å². The molecular formula is C11H10BrNO3. The summed E-state index contributed by atoms with van der Waals surface area (Å²) in [6.07, 6.45) is 0. The first kappa shape index (κ1) is 11.3. The van der Waals surface area contributed by atoms with E-state index in [9.17, 15) is 9.59 Å². The Morgan fingerprint density at radius 3 is 2.50 bits per heavy atom. The van der Waals surface area contributed by atoms with Gasteiger partial charge in [0.05, 0.1) is 5.69 Å². The summed E-state index contributed by atoms with van der Waals surface area (Å²) < 4.78 is 5.70. The zero-order chi connectivity index (χ0) is 11.7. The van der Waals surface area contributed by atoms with Crippen LogP contribution in [0.15, 0.2) is 22.7 Å². The zero-order valence-corrected chi connectivity index (χ0v) is 10.3. The Balaban J connectivity index is 2.45. The van der Waals surface area contributed by atoms with Crippen LogP contribution in [0.2, 0.25) is 0 Å². The number of carbonyl (C=O) groups excluding carboxylic acids is 2. The molecule has 5 heteroatoms. The van der Waals surface area contributed by atoms with Crippen LogP contribution in [0.1, 0.15) is 5.56 Å². The first-order valence-electron chi connectivity index (χ1n) is 4.79. The van der Waals surface area contributed by atoms with E-state index < -0.39 is 0 Å². The molecule has 0 bridgehead atoms. The van der Waals surface area contributed by atoms with Crippen LogP contribution in [0.4, 0.5) is 5.69 Å². The monoisotopic (exact) mass is 283 g/mol. The van der Waals surface area contributed by atoms with Gasteiger partial charge in [0, 0.05) is 4.47 Å². The number of hydrogen-bond donors (Lipinski definition) is 0. The molecule has 1 heterocycles. The highest BCUT2D eigenvalue weighted by atomic mass is 79.9. The number of carbonyl (C=O) groups is 2. The van der Waals surface area contributed by atoms with E-state index in [-0.39, 0.29) is 25.0 Å². The molecule has 2 amide bonds. The summed E-state index contributed by atoms with van der Waals surface area (Å²) in [4.78, 5) is 24.5. The Bertz CT molecular complexity index is 443. The first-order chi connectivity index (χ1) is 7.59. The second-order valence-electron chi connectivity index (χ2n) is 3.55. The number of benzene rings is 1. The lowest BCUT2D eigenvalue weighted by Gasteiger charge is -2.26. The second-order valence-corrected chi connectivity index (χ2v) is 4.46. The molecule has 1 aliphatic heterocycles. The van der Waals surface area contributed by atoms with E-state index in [0.29, 0.717) is 5.69 Å². The molecule has 0 atom stereocenters. The maximum Gasteiger partial charge on any atom is 0.259 e. The fourth-order valence-corrected chi connectivity index (χ4v) is 1.93. The van der Waals surface area contributed by atoms with Crippen molar-refractivity contribution in [2.75, 3.05) is 18.1 Å². The van der Waals surface area contributed by atoms with Gasteiger partial charge >= 0.3 is 0 Å². The average molecular weight is 284 g/mol. The van der Waals surface area contributed by atoms with Crippen LogP contribution in [0.25, 0.3) is 0 Å². The summed E-state index contributed by atoms with van der Waals surface area (Å²) in [6.45, 7) is 1.77. The smallest absolute Gasteiger partial charge is 0.259 e. The maximum absolute atomic E-state index is 11.6. The van der Waals surface area contributed by atoms with Gasteiger partial charge in [-0.05, 0) is 24.6 Å². The molecule has 1 aliphatic rings. The van der Waals surface area contributed by atoms with Crippen molar-refractivity contribution < 1.29 is 14.3 Å². The van der Waals surface area contributed by atoms with Crippen LogP contribution >= 0.6 is 15.9 Å². The summed E-state index contributed by atoms with van der Waals surface area (Å²) in [5.41, 5.74) is 1.50. The fourth-order valence-electron chi connectivity index (χ4n) is 1.59. The minimum absolute atomic E-state index is 0.0440. The molecule has 0 aromatic heterocycles. The van der Waals surface area contributed by atoms with E-state index in [1.165, 1.54) is 4.90 Å². The minimum Gasteiger partial charge on any atom is -0.362 e. The molecule has 0 aliphatic carbocycles. The number of aryl methyl sites for hydroxylation is 1. The summed E-state index contributed by atoms with van der Waals surface area (Å²) in [5.74, 6) is -0.644. The normalized spacial score (nSPS) is 16.8. The number of nitrogens with zero attached hydrogens (tertiary/aromatic N) is 1. The molecule has 1 aromatic rings. The number of halogens is 1. The van der Waals surface area contributed by atoms with Crippen molar-refractivity contribution >= 4 is 33.4 Å². The molecule has 2 rings (SSSR count). The van der Waals surface area contributed by atoms with Gasteiger partial charge in [-0.1, -0.05) is 22.0 Å². The zero-order valence-electron chi connectivity index (χ0n) is 8.70. The van der Waals surface area contributed by atoms with Crippen LogP contribution in [0.3, 0.4) is 0 Å². The molecule has 1 saturated heterocycles. The lowest BCUT2D eigenvalue weighted by atomic mass is 10.1. The Kier molecular flexibility index (Phi) is 3.07. The molecule has 0 spiro atoms. The molecule has 0 N–H and O–H groups in total. The van der Waals surface area contributed by atoms with E-state index >= 15 is 0 Å². The third-order valence-electron chi connectivity index (χ3n) is 2.36. The number of morpholine rings is 1. The van der Waals surface area contributed by atoms with E-state index in [1.54, 1.807) is 6.07 Å². The Hall–Kier alpha value is -1.20.